The summed E-state index contributed by atoms with van der Waals surface area (Å²) in [5, 5.41) is 19.2. The van der Waals surface area contributed by atoms with E-state index in [0.717, 1.165) is 0 Å². The van der Waals surface area contributed by atoms with Crippen LogP contribution in [0.2, 0.25) is 0 Å². The first-order valence-electron chi connectivity index (χ1n) is 4.20. The lowest BCUT2D eigenvalue weighted by Crippen LogP contribution is -2.28. The third kappa shape index (κ3) is 1.41. The lowest BCUT2D eigenvalue weighted by Gasteiger charge is -2.19. The van der Waals surface area contributed by atoms with Gasteiger partial charge in [-0.1, -0.05) is 0 Å². The Morgan fingerprint density at radius 1 is 1.86 bits per heavy atom. The average molecular weight is 199 g/mol. The molecule has 2 rings (SSSR count). The highest BCUT2D eigenvalue weighted by atomic mass is 16.6. The second kappa shape index (κ2) is 3.26. The van der Waals surface area contributed by atoms with Crippen molar-refractivity contribution in [1.29, 1.82) is 0 Å². The summed E-state index contributed by atoms with van der Waals surface area (Å²) in [4.78, 5) is 13.5. The highest BCUT2D eigenvalue weighted by molar-refractivity contribution is 5.21. The number of fused-ring (bicyclic) bond motifs is 1. The van der Waals surface area contributed by atoms with E-state index in [1.807, 2.05) is 0 Å². The molecule has 1 aliphatic heterocycles. The molecule has 0 unspecified atom stereocenters. The number of aliphatic hydroxyl groups is 1. The van der Waals surface area contributed by atoms with E-state index >= 15 is 0 Å². The van der Waals surface area contributed by atoms with E-state index in [0.29, 0.717) is 13.0 Å². The fourth-order valence-corrected chi connectivity index (χ4v) is 1.35. The van der Waals surface area contributed by atoms with Crippen molar-refractivity contribution in [2.24, 2.45) is 0 Å². The zero-order valence-electron chi connectivity index (χ0n) is 7.29. The van der Waals surface area contributed by atoms with Gasteiger partial charge in [0.05, 0.1) is 6.61 Å². The highest BCUT2D eigenvalue weighted by Crippen LogP contribution is 2.23. The van der Waals surface area contributed by atoms with Crippen molar-refractivity contribution < 1.29 is 14.8 Å². The first-order chi connectivity index (χ1) is 6.70. The molecule has 1 aliphatic rings. The van der Waals surface area contributed by atoms with Crippen LogP contribution in [0.3, 0.4) is 0 Å². The van der Waals surface area contributed by atoms with Crippen LogP contribution in [-0.2, 0) is 6.54 Å². The van der Waals surface area contributed by atoms with Gasteiger partial charge < -0.3 is 20.0 Å². The molecule has 0 bridgehead atoms. The van der Waals surface area contributed by atoms with Crippen molar-refractivity contribution in [2.75, 3.05) is 6.61 Å². The third-order valence-corrected chi connectivity index (χ3v) is 2.08. The summed E-state index contributed by atoms with van der Waals surface area (Å²) in [5.41, 5.74) is 0. The van der Waals surface area contributed by atoms with Gasteiger partial charge in [-0.05, 0) is 4.92 Å². The van der Waals surface area contributed by atoms with Crippen molar-refractivity contribution in [2.45, 2.75) is 19.1 Å². The Kier molecular flexibility index (Phi) is 2.08. The summed E-state index contributed by atoms with van der Waals surface area (Å²) in [7, 11) is 0. The molecule has 1 atom stereocenters. The minimum Gasteiger partial charge on any atom is -0.440 e. The lowest BCUT2D eigenvalue weighted by molar-refractivity contribution is -0.389. The van der Waals surface area contributed by atoms with Crippen molar-refractivity contribution in [3.8, 4) is 6.01 Å². The minimum atomic E-state index is -0.567. The Labute approximate surface area is 79.1 Å². The molecular formula is C7H9N3O4. The fourth-order valence-electron chi connectivity index (χ4n) is 1.35. The summed E-state index contributed by atoms with van der Waals surface area (Å²) >= 11 is 0. The number of nitrogens with zero attached hydrogens (tertiary/aromatic N) is 3. The molecule has 0 aliphatic carbocycles. The van der Waals surface area contributed by atoms with Crippen LogP contribution in [0.15, 0.2) is 6.20 Å². The molecule has 0 saturated heterocycles. The van der Waals surface area contributed by atoms with Gasteiger partial charge in [-0.25, -0.2) is 0 Å². The number of hydrogen-bond acceptors (Lipinski definition) is 5. The molecule has 0 saturated carbocycles. The molecule has 2 heterocycles. The predicted octanol–water partition coefficient (Wildman–Crippen LogP) is -0.0653. The molecule has 0 radical (unpaired) electrons. The maximum atomic E-state index is 10.4. The normalized spacial score (nSPS) is 19.9. The molecule has 7 nitrogen and oxygen atoms in total. The van der Waals surface area contributed by atoms with Crippen LogP contribution in [0, 0.1) is 10.1 Å². The standard InChI is InChI=1S/C7H9N3O4/c11-4-5-1-2-9-3-6(10(12)13)8-7(9)14-5/h3,5,11H,1-2,4H2/t5-/m1/s1. The van der Waals surface area contributed by atoms with Gasteiger partial charge in [-0.15, -0.1) is 0 Å². The largest absolute Gasteiger partial charge is 0.440 e. The first kappa shape index (κ1) is 8.95. The fraction of sp³-hybridized carbons (Fsp3) is 0.571. The van der Waals surface area contributed by atoms with Crippen molar-refractivity contribution in [1.82, 2.24) is 9.55 Å². The SMILES string of the molecule is O=[N+]([O-])c1cn2c(n1)O[C@@H](CO)CC2. The molecule has 0 amide bonds. The number of aryl methyl sites for hydroxylation is 1. The molecule has 1 aromatic rings. The molecule has 0 spiro atoms. The van der Waals surface area contributed by atoms with Crippen LogP contribution in [0.5, 0.6) is 6.01 Å². The number of nitro groups is 1. The number of imidazole rings is 1. The van der Waals surface area contributed by atoms with Gasteiger partial charge in [0.2, 0.25) is 0 Å². The second-order valence-corrected chi connectivity index (χ2v) is 3.04. The van der Waals surface area contributed by atoms with E-state index in [-0.39, 0.29) is 24.5 Å². The molecule has 76 valence electrons. The molecule has 7 heteroatoms. The first-order valence-corrected chi connectivity index (χ1v) is 4.20. The van der Waals surface area contributed by atoms with Crippen LogP contribution in [0.1, 0.15) is 6.42 Å². The average Bonchev–Trinajstić information content (AvgIpc) is 2.59. The van der Waals surface area contributed by atoms with Crippen LogP contribution >= 0.6 is 0 Å². The topological polar surface area (TPSA) is 90.4 Å². The number of rotatable bonds is 2. The Hall–Kier alpha value is -1.63. The van der Waals surface area contributed by atoms with Crippen molar-refractivity contribution in [3.63, 3.8) is 0 Å². The van der Waals surface area contributed by atoms with Gasteiger partial charge in [-0.3, -0.25) is 4.57 Å². The van der Waals surface area contributed by atoms with E-state index in [2.05, 4.69) is 4.98 Å². The van der Waals surface area contributed by atoms with Gasteiger partial charge in [0.1, 0.15) is 12.3 Å². The van der Waals surface area contributed by atoms with Gasteiger partial charge >= 0.3 is 11.8 Å². The summed E-state index contributed by atoms with van der Waals surface area (Å²) in [6.45, 7) is 0.488. The zero-order valence-corrected chi connectivity index (χ0v) is 7.29. The monoisotopic (exact) mass is 199 g/mol. The van der Waals surface area contributed by atoms with E-state index in [9.17, 15) is 10.1 Å². The summed E-state index contributed by atoms with van der Waals surface area (Å²) < 4.78 is 6.78. The maximum absolute atomic E-state index is 10.4. The summed E-state index contributed by atoms with van der Waals surface area (Å²) in [5.74, 6) is -0.224. The van der Waals surface area contributed by atoms with Gasteiger partial charge in [0, 0.05) is 17.9 Å². The van der Waals surface area contributed by atoms with Crippen LogP contribution in [0.25, 0.3) is 0 Å². The Morgan fingerprint density at radius 3 is 3.29 bits per heavy atom. The van der Waals surface area contributed by atoms with E-state index in [4.69, 9.17) is 9.84 Å². The lowest BCUT2D eigenvalue weighted by atomic mass is 10.2. The van der Waals surface area contributed by atoms with E-state index < -0.39 is 4.92 Å². The number of aromatic nitrogens is 2. The Morgan fingerprint density at radius 2 is 2.64 bits per heavy atom. The number of aliphatic hydroxyl groups excluding tert-OH is 1. The van der Waals surface area contributed by atoms with Gasteiger partial charge in [0.25, 0.3) is 0 Å². The maximum Gasteiger partial charge on any atom is 0.414 e. The Bertz CT molecular complexity index is 362. The smallest absolute Gasteiger partial charge is 0.414 e. The van der Waals surface area contributed by atoms with Crippen molar-refractivity contribution in [3.05, 3.63) is 16.3 Å². The van der Waals surface area contributed by atoms with Crippen LogP contribution in [-0.4, -0.2) is 32.3 Å². The van der Waals surface area contributed by atoms with Crippen LogP contribution < -0.4 is 4.74 Å². The Balaban J connectivity index is 2.25. The minimum absolute atomic E-state index is 0.0966. The van der Waals surface area contributed by atoms with Gasteiger partial charge in [0.15, 0.2) is 0 Å². The summed E-state index contributed by atoms with van der Waals surface area (Å²) in [6.07, 6.45) is 1.67. The van der Waals surface area contributed by atoms with Crippen molar-refractivity contribution >= 4 is 5.82 Å². The molecule has 1 aromatic heterocycles. The predicted molar refractivity (Wildman–Crippen MR) is 45.0 cm³/mol. The van der Waals surface area contributed by atoms with Gasteiger partial charge in [-0.2, -0.15) is 0 Å². The number of hydrogen-bond donors (Lipinski definition) is 1. The zero-order chi connectivity index (χ0) is 10.1. The molecule has 14 heavy (non-hydrogen) atoms. The molecule has 1 N–H and O–H groups in total. The highest BCUT2D eigenvalue weighted by Gasteiger charge is 2.27. The third-order valence-electron chi connectivity index (χ3n) is 2.08. The second-order valence-electron chi connectivity index (χ2n) is 3.04. The van der Waals surface area contributed by atoms with E-state index in [1.54, 1.807) is 4.57 Å². The number of ether oxygens (including phenoxy) is 1. The molecule has 0 aromatic carbocycles. The van der Waals surface area contributed by atoms with E-state index in [1.165, 1.54) is 6.20 Å². The molecular weight excluding hydrogens is 190 g/mol. The van der Waals surface area contributed by atoms with Crippen LogP contribution in [0.4, 0.5) is 5.82 Å². The molecule has 0 fully saturated rings. The summed E-state index contributed by atoms with van der Waals surface area (Å²) in [6, 6.07) is 0.210. The quantitative estimate of drug-likeness (QED) is 0.532.